The molecule has 1 amide bonds. The van der Waals surface area contributed by atoms with E-state index >= 15 is 0 Å². The average molecular weight is 234 g/mol. The normalized spacial score (nSPS) is 12.5. The zero-order chi connectivity index (χ0) is 12.7. The van der Waals surface area contributed by atoms with E-state index in [2.05, 4.69) is 31.0 Å². The Morgan fingerprint density at radius 2 is 1.82 bits per heavy atom. The molecule has 1 aromatic carbocycles. The van der Waals surface area contributed by atoms with Gasteiger partial charge in [0, 0.05) is 18.2 Å². The van der Waals surface area contributed by atoms with Crippen molar-refractivity contribution >= 4 is 11.6 Å². The van der Waals surface area contributed by atoms with E-state index < -0.39 is 0 Å². The summed E-state index contributed by atoms with van der Waals surface area (Å²) < 4.78 is 0. The summed E-state index contributed by atoms with van der Waals surface area (Å²) in [5, 5.41) is 2.91. The van der Waals surface area contributed by atoms with Gasteiger partial charge in [-0.2, -0.15) is 0 Å². The predicted octanol–water partition coefficient (Wildman–Crippen LogP) is 2.75. The molecule has 0 heterocycles. The summed E-state index contributed by atoms with van der Waals surface area (Å²) in [7, 11) is 0. The highest BCUT2D eigenvalue weighted by Crippen LogP contribution is 2.08. The first kappa shape index (κ1) is 13.7. The third-order valence-electron chi connectivity index (χ3n) is 2.97. The fourth-order valence-corrected chi connectivity index (χ4v) is 1.98. The van der Waals surface area contributed by atoms with E-state index in [4.69, 9.17) is 0 Å². The molecule has 0 aliphatic heterocycles. The van der Waals surface area contributed by atoms with Gasteiger partial charge in [-0.05, 0) is 32.1 Å². The van der Waals surface area contributed by atoms with Gasteiger partial charge in [-0.25, -0.2) is 0 Å². The molecule has 1 rings (SSSR count). The van der Waals surface area contributed by atoms with Crippen LogP contribution in [-0.4, -0.2) is 29.9 Å². The Kier molecular flexibility index (Phi) is 5.70. The highest BCUT2D eigenvalue weighted by atomic mass is 16.1. The topological polar surface area (TPSA) is 32.3 Å². The van der Waals surface area contributed by atoms with Crippen LogP contribution in [0.1, 0.15) is 27.2 Å². The summed E-state index contributed by atoms with van der Waals surface area (Å²) in [6.07, 6.45) is 0.538. The summed E-state index contributed by atoms with van der Waals surface area (Å²) in [5.74, 6) is 0.0793. The van der Waals surface area contributed by atoms with Crippen LogP contribution in [0.15, 0.2) is 30.3 Å². The molecule has 17 heavy (non-hydrogen) atoms. The maximum Gasteiger partial charge on any atom is 0.225 e. The number of rotatable bonds is 6. The molecule has 3 nitrogen and oxygen atoms in total. The molecular formula is C14H22N2O. The molecule has 0 spiro atoms. The second kappa shape index (κ2) is 7.07. The summed E-state index contributed by atoms with van der Waals surface area (Å²) in [6.45, 7) is 8.30. The largest absolute Gasteiger partial charge is 0.326 e. The molecule has 94 valence electrons. The Labute approximate surface area is 104 Å². The van der Waals surface area contributed by atoms with Crippen LogP contribution in [0.3, 0.4) is 0 Å². The lowest BCUT2D eigenvalue weighted by Gasteiger charge is -2.25. The fraction of sp³-hybridized carbons (Fsp3) is 0.500. The summed E-state index contributed by atoms with van der Waals surface area (Å²) in [4.78, 5) is 14.1. The number of hydrogen-bond donors (Lipinski definition) is 1. The van der Waals surface area contributed by atoms with Gasteiger partial charge in [0.25, 0.3) is 0 Å². The molecule has 0 bridgehead atoms. The van der Waals surface area contributed by atoms with Gasteiger partial charge in [-0.15, -0.1) is 0 Å². The van der Waals surface area contributed by atoms with E-state index in [9.17, 15) is 4.79 Å². The van der Waals surface area contributed by atoms with Crippen molar-refractivity contribution < 1.29 is 4.79 Å². The SMILES string of the molecule is CCN(CC)[C@@H](C)CC(=O)Nc1ccccc1. The molecule has 0 aliphatic carbocycles. The predicted molar refractivity (Wildman–Crippen MR) is 72.1 cm³/mol. The van der Waals surface area contributed by atoms with E-state index in [1.165, 1.54) is 0 Å². The molecule has 0 unspecified atom stereocenters. The number of para-hydroxylation sites is 1. The summed E-state index contributed by atoms with van der Waals surface area (Å²) in [5.41, 5.74) is 0.865. The van der Waals surface area contributed by atoms with E-state index in [1.54, 1.807) is 0 Å². The first-order chi connectivity index (χ1) is 8.17. The van der Waals surface area contributed by atoms with Crippen molar-refractivity contribution in [3.05, 3.63) is 30.3 Å². The zero-order valence-electron chi connectivity index (χ0n) is 10.9. The van der Waals surface area contributed by atoms with Crippen molar-refractivity contribution in [2.24, 2.45) is 0 Å². The Balaban J connectivity index is 2.44. The molecule has 0 radical (unpaired) electrons. The van der Waals surface area contributed by atoms with Gasteiger partial charge in [0.05, 0.1) is 0 Å². The third kappa shape index (κ3) is 4.57. The lowest BCUT2D eigenvalue weighted by Crippen LogP contribution is -2.35. The molecule has 0 saturated heterocycles. The van der Waals surface area contributed by atoms with E-state index in [0.717, 1.165) is 18.8 Å². The minimum Gasteiger partial charge on any atom is -0.326 e. The van der Waals surface area contributed by atoms with Gasteiger partial charge in [-0.3, -0.25) is 4.79 Å². The van der Waals surface area contributed by atoms with Crippen LogP contribution in [0.25, 0.3) is 0 Å². The fourth-order valence-electron chi connectivity index (χ4n) is 1.98. The molecule has 1 N–H and O–H groups in total. The number of benzene rings is 1. The van der Waals surface area contributed by atoms with Crippen LogP contribution in [0.5, 0.6) is 0 Å². The molecule has 0 aromatic heterocycles. The monoisotopic (exact) mass is 234 g/mol. The van der Waals surface area contributed by atoms with Gasteiger partial charge in [0.15, 0.2) is 0 Å². The molecule has 0 aliphatic rings. The highest BCUT2D eigenvalue weighted by molar-refractivity contribution is 5.90. The van der Waals surface area contributed by atoms with Crippen LogP contribution in [0.4, 0.5) is 5.69 Å². The molecule has 1 atom stereocenters. The van der Waals surface area contributed by atoms with Crippen molar-refractivity contribution in [1.29, 1.82) is 0 Å². The van der Waals surface area contributed by atoms with Crippen LogP contribution in [-0.2, 0) is 4.79 Å². The highest BCUT2D eigenvalue weighted by Gasteiger charge is 2.14. The Morgan fingerprint density at radius 3 is 2.35 bits per heavy atom. The second-order valence-electron chi connectivity index (χ2n) is 4.19. The van der Waals surface area contributed by atoms with E-state index in [1.807, 2.05) is 30.3 Å². The lowest BCUT2D eigenvalue weighted by atomic mass is 10.2. The Hall–Kier alpha value is -1.35. The van der Waals surface area contributed by atoms with Gasteiger partial charge in [0.1, 0.15) is 0 Å². The van der Waals surface area contributed by atoms with Crippen molar-refractivity contribution in [1.82, 2.24) is 4.90 Å². The smallest absolute Gasteiger partial charge is 0.225 e. The van der Waals surface area contributed by atoms with E-state index in [-0.39, 0.29) is 11.9 Å². The van der Waals surface area contributed by atoms with Gasteiger partial charge < -0.3 is 10.2 Å². The molecule has 3 heteroatoms. The second-order valence-corrected chi connectivity index (χ2v) is 4.19. The van der Waals surface area contributed by atoms with Crippen molar-refractivity contribution in [2.45, 2.75) is 33.2 Å². The standard InChI is InChI=1S/C14H22N2O/c1-4-16(5-2)12(3)11-14(17)15-13-9-7-6-8-10-13/h6-10,12H,4-5,11H2,1-3H3,(H,15,17)/t12-/m0/s1. The summed E-state index contributed by atoms with van der Waals surface area (Å²) >= 11 is 0. The van der Waals surface area contributed by atoms with Crippen LogP contribution >= 0.6 is 0 Å². The molecule has 0 saturated carbocycles. The van der Waals surface area contributed by atoms with Gasteiger partial charge in [0.2, 0.25) is 5.91 Å². The van der Waals surface area contributed by atoms with Gasteiger partial charge >= 0.3 is 0 Å². The summed E-state index contributed by atoms with van der Waals surface area (Å²) in [6, 6.07) is 9.87. The number of nitrogens with one attached hydrogen (secondary N) is 1. The number of anilines is 1. The minimum absolute atomic E-state index is 0.0793. The number of amides is 1. The lowest BCUT2D eigenvalue weighted by molar-refractivity contribution is -0.117. The first-order valence-corrected chi connectivity index (χ1v) is 6.26. The number of hydrogen-bond acceptors (Lipinski definition) is 2. The van der Waals surface area contributed by atoms with Gasteiger partial charge in [-0.1, -0.05) is 32.0 Å². The van der Waals surface area contributed by atoms with Crippen LogP contribution in [0, 0.1) is 0 Å². The van der Waals surface area contributed by atoms with E-state index in [0.29, 0.717) is 6.42 Å². The van der Waals surface area contributed by atoms with Crippen molar-refractivity contribution in [3.63, 3.8) is 0 Å². The van der Waals surface area contributed by atoms with Crippen LogP contribution < -0.4 is 5.32 Å². The third-order valence-corrected chi connectivity index (χ3v) is 2.97. The maximum absolute atomic E-state index is 11.8. The average Bonchev–Trinajstić information content (AvgIpc) is 2.31. The minimum atomic E-state index is 0.0793. The number of carbonyl (C=O) groups is 1. The molecular weight excluding hydrogens is 212 g/mol. The number of nitrogens with zero attached hydrogens (tertiary/aromatic N) is 1. The Morgan fingerprint density at radius 1 is 1.24 bits per heavy atom. The number of carbonyl (C=O) groups excluding carboxylic acids is 1. The Bertz CT molecular complexity index is 333. The first-order valence-electron chi connectivity index (χ1n) is 6.26. The van der Waals surface area contributed by atoms with Crippen molar-refractivity contribution in [2.75, 3.05) is 18.4 Å². The van der Waals surface area contributed by atoms with Crippen molar-refractivity contribution in [3.8, 4) is 0 Å². The molecule has 1 aromatic rings. The molecule has 0 fully saturated rings. The van der Waals surface area contributed by atoms with Crippen LogP contribution in [0.2, 0.25) is 0 Å². The quantitative estimate of drug-likeness (QED) is 0.821. The zero-order valence-corrected chi connectivity index (χ0v) is 10.9. The maximum atomic E-state index is 11.8.